The van der Waals surface area contributed by atoms with Gasteiger partial charge in [0.15, 0.2) is 0 Å². The van der Waals surface area contributed by atoms with Crippen molar-refractivity contribution in [1.29, 1.82) is 0 Å². The fourth-order valence-corrected chi connectivity index (χ4v) is 2.49. The Morgan fingerprint density at radius 3 is 2.62 bits per heavy atom. The summed E-state index contributed by atoms with van der Waals surface area (Å²) in [4.78, 5) is 17.2. The minimum atomic E-state index is -0.00329. The molecule has 3 nitrogen and oxygen atoms in total. The van der Waals surface area contributed by atoms with E-state index in [1.807, 2.05) is 37.3 Å². The van der Waals surface area contributed by atoms with Crippen LogP contribution >= 0.6 is 0 Å². The van der Waals surface area contributed by atoms with Crippen molar-refractivity contribution in [3.8, 4) is 0 Å². The fourth-order valence-electron chi connectivity index (χ4n) is 2.49. The number of benzene rings is 1. The van der Waals surface area contributed by atoms with Gasteiger partial charge in [-0.2, -0.15) is 0 Å². The number of amides is 1. The summed E-state index contributed by atoms with van der Waals surface area (Å²) in [5.74, 6) is 0.297. The van der Waals surface area contributed by atoms with Crippen LogP contribution in [0, 0.1) is 0 Å². The molecule has 0 saturated heterocycles. The van der Waals surface area contributed by atoms with Crippen molar-refractivity contribution in [3.63, 3.8) is 0 Å². The lowest BCUT2D eigenvalue weighted by Gasteiger charge is -2.15. The van der Waals surface area contributed by atoms with Crippen molar-refractivity contribution in [3.05, 3.63) is 41.6 Å². The topological polar surface area (TPSA) is 42.0 Å². The zero-order chi connectivity index (χ0) is 15.4. The Kier molecular flexibility index (Phi) is 4.94. The van der Waals surface area contributed by atoms with Crippen LogP contribution in [0.2, 0.25) is 0 Å². The Labute approximate surface area is 126 Å². The number of carbonyl (C=O) groups excluding carboxylic acids is 1. The molecular weight excluding hydrogens is 260 g/mol. The second-order valence-corrected chi connectivity index (χ2v) is 5.93. The first kappa shape index (κ1) is 15.5. The molecule has 1 aromatic carbocycles. The SMILES string of the molecule is CCC[C@@H](C)NC(=O)c1cc(C(C)C)nc2ccccc12. The number of fused-ring (bicyclic) bond motifs is 1. The average Bonchev–Trinajstić information content (AvgIpc) is 2.46. The maximum absolute atomic E-state index is 12.6. The lowest BCUT2D eigenvalue weighted by atomic mass is 10.0. The number of nitrogens with zero attached hydrogens (tertiary/aromatic N) is 1. The molecule has 2 aromatic rings. The molecule has 1 N–H and O–H groups in total. The molecule has 2 rings (SSSR count). The van der Waals surface area contributed by atoms with E-state index in [0.29, 0.717) is 5.92 Å². The van der Waals surface area contributed by atoms with E-state index in [1.54, 1.807) is 0 Å². The molecule has 0 aliphatic carbocycles. The van der Waals surface area contributed by atoms with Gasteiger partial charge in [-0.05, 0) is 31.4 Å². The van der Waals surface area contributed by atoms with Gasteiger partial charge in [0, 0.05) is 17.1 Å². The summed E-state index contributed by atoms with van der Waals surface area (Å²) in [6.45, 7) is 8.37. The van der Waals surface area contributed by atoms with E-state index < -0.39 is 0 Å². The zero-order valence-electron chi connectivity index (χ0n) is 13.3. The lowest BCUT2D eigenvalue weighted by Crippen LogP contribution is -2.32. The van der Waals surface area contributed by atoms with Gasteiger partial charge in [0.1, 0.15) is 0 Å². The quantitative estimate of drug-likeness (QED) is 0.890. The Bertz CT molecular complexity index is 634. The summed E-state index contributed by atoms with van der Waals surface area (Å²) >= 11 is 0. The van der Waals surface area contributed by atoms with Crippen LogP contribution in [0.5, 0.6) is 0 Å². The van der Waals surface area contributed by atoms with Crippen LogP contribution < -0.4 is 5.32 Å². The van der Waals surface area contributed by atoms with Crippen LogP contribution in [0.15, 0.2) is 30.3 Å². The number of hydrogen-bond donors (Lipinski definition) is 1. The monoisotopic (exact) mass is 284 g/mol. The summed E-state index contributed by atoms with van der Waals surface area (Å²) in [5.41, 5.74) is 2.58. The molecule has 1 amide bonds. The second-order valence-electron chi connectivity index (χ2n) is 5.93. The van der Waals surface area contributed by atoms with Crippen molar-refractivity contribution in [1.82, 2.24) is 10.3 Å². The normalized spacial score (nSPS) is 12.6. The van der Waals surface area contributed by atoms with E-state index in [9.17, 15) is 4.79 Å². The van der Waals surface area contributed by atoms with Crippen LogP contribution in [-0.2, 0) is 0 Å². The number of pyridine rings is 1. The van der Waals surface area contributed by atoms with Crippen molar-refractivity contribution in [2.75, 3.05) is 0 Å². The van der Waals surface area contributed by atoms with Crippen LogP contribution in [0.3, 0.4) is 0 Å². The molecule has 3 heteroatoms. The summed E-state index contributed by atoms with van der Waals surface area (Å²) in [7, 11) is 0. The Morgan fingerprint density at radius 2 is 1.95 bits per heavy atom. The van der Waals surface area contributed by atoms with Crippen molar-refractivity contribution >= 4 is 16.8 Å². The highest BCUT2D eigenvalue weighted by molar-refractivity contribution is 6.06. The van der Waals surface area contributed by atoms with Gasteiger partial charge in [0.25, 0.3) is 5.91 Å². The molecule has 1 heterocycles. The van der Waals surface area contributed by atoms with Crippen LogP contribution in [-0.4, -0.2) is 16.9 Å². The number of carbonyl (C=O) groups is 1. The Hall–Kier alpha value is -1.90. The van der Waals surface area contributed by atoms with Gasteiger partial charge < -0.3 is 5.32 Å². The van der Waals surface area contributed by atoms with Crippen molar-refractivity contribution in [2.24, 2.45) is 0 Å². The van der Waals surface area contributed by atoms with Gasteiger partial charge in [-0.1, -0.05) is 45.4 Å². The van der Waals surface area contributed by atoms with E-state index in [4.69, 9.17) is 0 Å². The smallest absolute Gasteiger partial charge is 0.252 e. The second kappa shape index (κ2) is 6.70. The molecule has 0 aliphatic rings. The molecule has 21 heavy (non-hydrogen) atoms. The molecule has 1 atom stereocenters. The third kappa shape index (κ3) is 3.60. The summed E-state index contributed by atoms with van der Waals surface area (Å²) in [5, 5.41) is 4.01. The van der Waals surface area contributed by atoms with Crippen LogP contribution in [0.1, 0.15) is 62.5 Å². The van der Waals surface area contributed by atoms with E-state index in [2.05, 4.69) is 31.1 Å². The highest BCUT2D eigenvalue weighted by Gasteiger charge is 2.15. The van der Waals surface area contributed by atoms with E-state index in [1.165, 1.54) is 0 Å². The molecule has 0 radical (unpaired) electrons. The summed E-state index contributed by atoms with van der Waals surface area (Å²) in [6.07, 6.45) is 2.06. The zero-order valence-corrected chi connectivity index (χ0v) is 13.3. The fraction of sp³-hybridized carbons (Fsp3) is 0.444. The van der Waals surface area contributed by atoms with Gasteiger partial charge in [0.05, 0.1) is 11.1 Å². The number of aromatic nitrogens is 1. The number of rotatable bonds is 5. The lowest BCUT2D eigenvalue weighted by molar-refractivity contribution is 0.0940. The summed E-state index contributed by atoms with van der Waals surface area (Å²) < 4.78 is 0. The molecule has 0 aliphatic heterocycles. The van der Waals surface area contributed by atoms with Gasteiger partial charge in [-0.15, -0.1) is 0 Å². The van der Waals surface area contributed by atoms with Crippen LogP contribution in [0.4, 0.5) is 0 Å². The predicted molar refractivity (Wildman–Crippen MR) is 87.7 cm³/mol. The maximum atomic E-state index is 12.6. The first-order chi connectivity index (χ1) is 10.0. The standard InChI is InChI=1S/C18H24N2O/c1-5-8-13(4)19-18(21)15-11-17(12(2)3)20-16-10-7-6-9-14(15)16/h6-7,9-13H,5,8H2,1-4H3,(H,19,21)/t13-/m1/s1. The Morgan fingerprint density at radius 1 is 1.24 bits per heavy atom. The average molecular weight is 284 g/mol. The number of hydrogen-bond acceptors (Lipinski definition) is 2. The van der Waals surface area contributed by atoms with E-state index in [0.717, 1.165) is 35.0 Å². The molecule has 0 spiro atoms. The van der Waals surface area contributed by atoms with Gasteiger partial charge >= 0.3 is 0 Å². The van der Waals surface area contributed by atoms with Gasteiger partial charge in [-0.25, -0.2) is 0 Å². The van der Waals surface area contributed by atoms with Gasteiger partial charge in [-0.3, -0.25) is 9.78 Å². The van der Waals surface area contributed by atoms with E-state index in [-0.39, 0.29) is 11.9 Å². The molecule has 112 valence electrons. The first-order valence-corrected chi connectivity index (χ1v) is 7.73. The molecule has 0 fully saturated rings. The number of para-hydroxylation sites is 1. The van der Waals surface area contributed by atoms with Crippen molar-refractivity contribution < 1.29 is 4.79 Å². The first-order valence-electron chi connectivity index (χ1n) is 7.73. The molecule has 0 bridgehead atoms. The number of nitrogens with one attached hydrogen (secondary N) is 1. The third-order valence-corrected chi connectivity index (χ3v) is 3.67. The van der Waals surface area contributed by atoms with E-state index >= 15 is 0 Å². The highest BCUT2D eigenvalue weighted by atomic mass is 16.1. The molecule has 0 unspecified atom stereocenters. The molecule has 0 saturated carbocycles. The van der Waals surface area contributed by atoms with Crippen LogP contribution in [0.25, 0.3) is 10.9 Å². The minimum absolute atomic E-state index is 0.00329. The maximum Gasteiger partial charge on any atom is 0.252 e. The summed E-state index contributed by atoms with van der Waals surface area (Å²) in [6, 6.07) is 9.96. The predicted octanol–water partition coefficient (Wildman–Crippen LogP) is 4.28. The minimum Gasteiger partial charge on any atom is -0.350 e. The molecular formula is C18H24N2O. The molecule has 1 aromatic heterocycles. The van der Waals surface area contributed by atoms with Crippen molar-refractivity contribution in [2.45, 2.75) is 52.5 Å². The van der Waals surface area contributed by atoms with Gasteiger partial charge in [0.2, 0.25) is 0 Å². The third-order valence-electron chi connectivity index (χ3n) is 3.67. The Balaban J connectivity index is 2.43. The highest BCUT2D eigenvalue weighted by Crippen LogP contribution is 2.22. The largest absolute Gasteiger partial charge is 0.350 e.